The number of hydrogen-bond donors (Lipinski definition) is 1. The minimum atomic E-state index is -0.242. The predicted molar refractivity (Wildman–Crippen MR) is 127 cm³/mol. The number of halogens is 1. The highest BCUT2D eigenvalue weighted by Crippen LogP contribution is 2.30. The van der Waals surface area contributed by atoms with E-state index in [-0.39, 0.29) is 5.82 Å². The summed E-state index contributed by atoms with van der Waals surface area (Å²) in [4.78, 5) is 7.43. The van der Waals surface area contributed by atoms with Gasteiger partial charge in [-0.1, -0.05) is 31.6 Å². The molecule has 31 heavy (non-hydrogen) atoms. The van der Waals surface area contributed by atoms with Gasteiger partial charge in [-0.05, 0) is 81.4 Å². The van der Waals surface area contributed by atoms with Gasteiger partial charge in [0, 0.05) is 17.2 Å². The van der Waals surface area contributed by atoms with Crippen LogP contribution in [0.1, 0.15) is 43.7 Å². The molecule has 1 atom stereocenters. The van der Waals surface area contributed by atoms with E-state index in [9.17, 15) is 4.39 Å². The second-order valence-electron chi connectivity index (χ2n) is 8.13. The number of allylic oxidation sites excluding steroid dienone is 1. The molecule has 0 aromatic heterocycles. The zero-order valence-corrected chi connectivity index (χ0v) is 19.1. The first kappa shape index (κ1) is 23.0. The summed E-state index contributed by atoms with van der Waals surface area (Å²) in [5.41, 5.74) is 3.94. The molecule has 0 spiro atoms. The molecule has 2 aromatic carbocycles. The van der Waals surface area contributed by atoms with Crippen molar-refractivity contribution in [1.82, 2.24) is 10.2 Å². The number of aliphatic imine (C=N–C) groups is 1. The number of nitrogens with zero attached hydrogens (tertiary/aromatic N) is 2. The van der Waals surface area contributed by atoms with Gasteiger partial charge in [0.15, 0.2) is 0 Å². The summed E-state index contributed by atoms with van der Waals surface area (Å²) in [6.45, 7) is 6.04. The molecule has 0 radical (unpaired) electrons. The van der Waals surface area contributed by atoms with E-state index in [1.807, 2.05) is 12.3 Å². The minimum Gasteiger partial charge on any atom is -0.496 e. The van der Waals surface area contributed by atoms with Crippen molar-refractivity contribution in [3.05, 3.63) is 65.6 Å². The zero-order chi connectivity index (χ0) is 22.2. The van der Waals surface area contributed by atoms with Gasteiger partial charge in [0.2, 0.25) is 0 Å². The normalized spacial score (nSPS) is 17.8. The molecule has 1 fully saturated rings. The van der Waals surface area contributed by atoms with Crippen LogP contribution < -0.4 is 10.1 Å². The van der Waals surface area contributed by atoms with Crippen LogP contribution in [-0.2, 0) is 0 Å². The SMILES string of the molecule is CC/C=C/NC(=NCC1CCCCN1C)c1cc(-c2ccc(F)cc2)cc(OC)c1C. The van der Waals surface area contributed by atoms with E-state index in [0.29, 0.717) is 6.04 Å². The molecule has 4 nitrogen and oxygen atoms in total. The topological polar surface area (TPSA) is 36.9 Å². The Kier molecular flexibility index (Phi) is 8.24. The number of nitrogens with one attached hydrogen (secondary N) is 1. The van der Waals surface area contributed by atoms with Gasteiger partial charge in [0.25, 0.3) is 0 Å². The van der Waals surface area contributed by atoms with Crippen molar-refractivity contribution in [2.24, 2.45) is 4.99 Å². The number of piperidine rings is 1. The van der Waals surface area contributed by atoms with Crippen LogP contribution in [0.4, 0.5) is 4.39 Å². The average Bonchev–Trinajstić information content (AvgIpc) is 2.78. The summed E-state index contributed by atoms with van der Waals surface area (Å²) in [6.07, 6.45) is 8.69. The fourth-order valence-corrected chi connectivity index (χ4v) is 3.99. The second-order valence-corrected chi connectivity index (χ2v) is 8.13. The molecule has 0 amide bonds. The fourth-order valence-electron chi connectivity index (χ4n) is 3.99. The molecule has 3 rings (SSSR count). The summed E-state index contributed by atoms with van der Waals surface area (Å²) in [7, 11) is 3.87. The first-order valence-corrected chi connectivity index (χ1v) is 11.1. The summed E-state index contributed by atoms with van der Waals surface area (Å²) in [5.74, 6) is 1.39. The molecular weight excluding hydrogens is 389 g/mol. The third kappa shape index (κ3) is 5.95. The zero-order valence-electron chi connectivity index (χ0n) is 19.1. The van der Waals surface area contributed by atoms with Gasteiger partial charge in [0.1, 0.15) is 17.4 Å². The highest BCUT2D eigenvalue weighted by molar-refractivity contribution is 6.02. The molecule has 2 aromatic rings. The van der Waals surface area contributed by atoms with E-state index < -0.39 is 0 Å². The first-order valence-electron chi connectivity index (χ1n) is 11.1. The van der Waals surface area contributed by atoms with E-state index >= 15 is 0 Å². The van der Waals surface area contributed by atoms with Crippen LogP contribution >= 0.6 is 0 Å². The maximum atomic E-state index is 13.4. The monoisotopic (exact) mass is 423 g/mol. The van der Waals surface area contributed by atoms with Crippen molar-refractivity contribution in [3.8, 4) is 16.9 Å². The largest absolute Gasteiger partial charge is 0.496 e. The predicted octanol–water partition coefficient (Wildman–Crippen LogP) is 5.55. The molecule has 1 unspecified atom stereocenters. The fraction of sp³-hybridized carbons (Fsp3) is 0.423. The van der Waals surface area contributed by atoms with Crippen LogP contribution in [0.15, 0.2) is 53.7 Å². The van der Waals surface area contributed by atoms with Crippen LogP contribution in [0, 0.1) is 12.7 Å². The molecule has 0 aliphatic carbocycles. The molecule has 1 heterocycles. The summed E-state index contributed by atoms with van der Waals surface area (Å²) in [5, 5.41) is 3.41. The Morgan fingerprint density at radius 3 is 2.68 bits per heavy atom. The van der Waals surface area contributed by atoms with Crippen molar-refractivity contribution >= 4 is 5.84 Å². The maximum Gasteiger partial charge on any atom is 0.132 e. The van der Waals surface area contributed by atoms with Crippen molar-refractivity contribution in [2.45, 2.75) is 45.6 Å². The van der Waals surface area contributed by atoms with E-state index in [1.54, 1.807) is 19.2 Å². The minimum absolute atomic E-state index is 0.242. The van der Waals surface area contributed by atoms with Crippen molar-refractivity contribution in [1.29, 1.82) is 0 Å². The van der Waals surface area contributed by atoms with Gasteiger partial charge in [-0.2, -0.15) is 0 Å². The lowest BCUT2D eigenvalue weighted by Gasteiger charge is -2.31. The van der Waals surface area contributed by atoms with Crippen LogP contribution in [0.2, 0.25) is 0 Å². The second kappa shape index (κ2) is 11.1. The standard InChI is InChI=1S/C26H34FN3O/c1-5-6-14-28-26(29-18-23-9-7-8-15-30(23)3)24-16-21(17-25(31-4)19(24)2)20-10-12-22(27)13-11-20/h6,10-14,16-17,23H,5,7-9,15,18H2,1-4H3,(H,28,29)/b14-6+. The number of benzene rings is 2. The molecule has 1 saturated heterocycles. The van der Waals surface area contributed by atoms with E-state index in [1.165, 1.54) is 31.4 Å². The van der Waals surface area contributed by atoms with E-state index in [4.69, 9.17) is 9.73 Å². The molecular formula is C26H34FN3O. The summed E-state index contributed by atoms with van der Waals surface area (Å²) >= 11 is 0. The first-order chi connectivity index (χ1) is 15.0. The number of hydrogen-bond acceptors (Lipinski definition) is 3. The van der Waals surface area contributed by atoms with Crippen molar-refractivity contribution in [3.63, 3.8) is 0 Å². The Labute approximate surface area is 185 Å². The van der Waals surface area contributed by atoms with Gasteiger partial charge in [-0.15, -0.1) is 0 Å². The van der Waals surface area contributed by atoms with E-state index in [2.05, 4.69) is 43.3 Å². The van der Waals surface area contributed by atoms with Gasteiger partial charge >= 0.3 is 0 Å². The van der Waals surface area contributed by atoms with Gasteiger partial charge in [0.05, 0.1) is 13.7 Å². The van der Waals surface area contributed by atoms with Gasteiger partial charge in [-0.25, -0.2) is 4.39 Å². The Hall–Kier alpha value is -2.66. The highest BCUT2D eigenvalue weighted by Gasteiger charge is 2.19. The quantitative estimate of drug-likeness (QED) is 0.468. The Balaban J connectivity index is 2.01. The number of amidine groups is 1. The number of rotatable bonds is 7. The molecule has 1 N–H and O–H groups in total. The summed E-state index contributed by atoms with van der Waals surface area (Å²) in [6, 6.07) is 11.1. The lowest BCUT2D eigenvalue weighted by molar-refractivity contribution is 0.191. The number of likely N-dealkylation sites (tertiary alicyclic amines) is 1. The van der Waals surface area contributed by atoms with E-state index in [0.717, 1.165) is 53.3 Å². The molecule has 1 aliphatic rings. The Morgan fingerprint density at radius 1 is 1.23 bits per heavy atom. The lowest BCUT2D eigenvalue weighted by atomic mass is 9.97. The Morgan fingerprint density at radius 2 is 2.00 bits per heavy atom. The molecule has 5 heteroatoms. The third-order valence-electron chi connectivity index (χ3n) is 5.97. The van der Waals surface area contributed by atoms with Gasteiger partial charge in [-0.3, -0.25) is 4.99 Å². The molecule has 0 saturated carbocycles. The lowest BCUT2D eigenvalue weighted by Crippen LogP contribution is -2.38. The smallest absolute Gasteiger partial charge is 0.132 e. The van der Waals surface area contributed by atoms with Crippen LogP contribution in [0.5, 0.6) is 5.75 Å². The maximum absolute atomic E-state index is 13.4. The van der Waals surface area contributed by atoms with Crippen molar-refractivity contribution in [2.75, 3.05) is 27.2 Å². The van der Waals surface area contributed by atoms with Crippen molar-refractivity contribution < 1.29 is 9.13 Å². The third-order valence-corrected chi connectivity index (χ3v) is 5.97. The Bertz CT molecular complexity index is 921. The summed E-state index contributed by atoms with van der Waals surface area (Å²) < 4.78 is 19.1. The highest BCUT2D eigenvalue weighted by atomic mass is 19.1. The molecule has 166 valence electrons. The number of methoxy groups -OCH3 is 1. The molecule has 1 aliphatic heterocycles. The number of ether oxygens (including phenoxy) is 1. The van der Waals surface area contributed by atoms with Crippen LogP contribution in [0.25, 0.3) is 11.1 Å². The van der Waals surface area contributed by atoms with Crippen LogP contribution in [0.3, 0.4) is 0 Å². The molecule has 0 bridgehead atoms. The number of likely N-dealkylation sites (N-methyl/N-ethyl adjacent to an activating group) is 1. The van der Waals surface area contributed by atoms with Crippen LogP contribution in [-0.4, -0.2) is 44.0 Å². The average molecular weight is 424 g/mol. The van der Waals surface area contributed by atoms with Gasteiger partial charge < -0.3 is 15.0 Å².